The van der Waals surface area contributed by atoms with Crippen molar-refractivity contribution >= 4 is 12.1 Å². The third kappa shape index (κ3) is 5.66. The van der Waals surface area contributed by atoms with Gasteiger partial charge in [0.2, 0.25) is 0 Å². The molecule has 0 aliphatic carbocycles. The highest BCUT2D eigenvalue weighted by molar-refractivity contribution is 5.97. The van der Waals surface area contributed by atoms with Gasteiger partial charge in [0.05, 0.1) is 17.3 Å². The zero-order chi connectivity index (χ0) is 21.6. The summed E-state index contributed by atoms with van der Waals surface area (Å²) >= 11 is 0. The van der Waals surface area contributed by atoms with E-state index in [4.69, 9.17) is 4.74 Å². The number of hydrogen-bond donors (Lipinski definition) is 1. The van der Waals surface area contributed by atoms with Gasteiger partial charge in [0.15, 0.2) is 0 Å². The number of para-hydroxylation sites is 1. The molecule has 0 saturated carbocycles. The number of ether oxygens (including phenoxy) is 1. The van der Waals surface area contributed by atoms with Gasteiger partial charge < -0.3 is 4.74 Å². The third-order valence-electron chi connectivity index (χ3n) is 4.06. The van der Waals surface area contributed by atoms with Crippen LogP contribution in [0, 0.1) is 5.82 Å². The molecule has 1 N–H and O–H groups in total. The molecule has 0 spiro atoms. The highest BCUT2D eigenvalue weighted by Gasteiger charge is 2.29. The fourth-order valence-electron chi connectivity index (χ4n) is 2.51. The Morgan fingerprint density at radius 2 is 1.63 bits per heavy atom. The molecule has 4 nitrogen and oxygen atoms in total. The first-order chi connectivity index (χ1) is 14.3. The molecule has 1 amide bonds. The van der Waals surface area contributed by atoms with Crippen molar-refractivity contribution in [3.8, 4) is 5.75 Å². The Bertz CT molecular complexity index is 1030. The molecule has 3 aromatic rings. The SMILES string of the molecule is O=C(N/N=C/c1ccc(C(F)(F)F)cc1)c1ccccc1OCc1ccc(F)cc1. The Labute approximate surface area is 169 Å². The minimum Gasteiger partial charge on any atom is -0.488 e. The molecule has 0 aromatic heterocycles. The molecule has 0 saturated heterocycles. The number of rotatable bonds is 6. The molecule has 0 fully saturated rings. The lowest BCUT2D eigenvalue weighted by molar-refractivity contribution is -0.137. The van der Waals surface area contributed by atoms with Crippen LogP contribution in [0.3, 0.4) is 0 Å². The molecule has 0 aliphatic heterocycles. The Morgan fingerprint density at radius 1 is 0.967 bits per heavy atom. The molecule has 154 valence electrons. The lowest BCUT2D eigenvalue weighted by Gasteiger charge is -2.10. The molecular formula is C22H16F4N2O2. The van der Waals surface area contributed by atoms with Crippen LogP contribution >= 0.6 is 0 Å². The van der Waals surface area contributed by atoms with Crippen molar-refractivity contribution in [2.45, 2.75) is 12.8 Å². The van der Waals surface area contributed by atoms with Crippen LogP contribution in [0.2, 0.25) is 0 Å². The Hall–Kier alpha value is -3.68. The maximum atomic E-state index is 13.0. The number of carbonyl (C=O) groups excluding carboxylic acids is 1. The van der Waals surface area contributed by atoms with Crippen molar-refractivity contribution in [1.82, 2.24) is 5.43 Å². The van der Waals surface area contributed by atoms with Crippen molar-refractivity contribution in [3.63, 3.8) is 0 Å². The average molecular weight is 416 g/mol. The van der Waals surface area contributed by atoms with Gasteiger partial charge in [0, 0.05) is 0 Å². The average Bonchev–Trinajstić information content (AvgIpc) is 2.73. The molecule has 0 aliphatic rings. The lowest BCUT2D eigenvalue weighted by Crippen LogP contribution is -2.18. The summed E-state index contributed by atoms with van der Waals surface area (Å²) in [5.41, 5.74) is 2.90. The number of benzene rings is 3. The predicted molar refractivity (Wildman–Crippen MR) is 104 cm³/mol. The molecule has 0 atom stereocenters. The molecule has 0 heterocycles. The summed E-state index contributed by atoms with van der Waals surface area (Å²) in [7, 11) is 0. The summed E-state index contributed by atoms with van der Waals surface area (Å²) in [6, 6.07) is 16.6. The van der Waals surface area contributed by atoms with Crippen LogP contribution in [0.5, 0.6) is 5.75 Å². The summed E-state index contributed by atoms with van der Waals surface area (Å²) in [4.78, 5) is 12.4. The predicted octanol–water partition coefficient (Wildman–Crippen LogP) is 5.19. The van der Waals surface area contributed by atoms with Gasteiger partial charge in [-0.25, -0.2) is 9.82 Å². The van der Waals surface area contributed by atoms with Crippen LogP contribution in [-0.4, -0.2) is 12.1 Å². The van der Waals surface area contributed by atoms with E-state index in [0.29, 0.717) is 11.3 Å². The molecule has 8 heteroatoms. The molecule has 0 bridgehead atoms. The molecule has 3 rings (SSSR count). The minimum absolute atomic E-state index is 0.138. The van der Waals surface area contributed by atoms with Crippen LogP contribution in [0.1, 0.15) is 27.0 Å². The van der Waals surface area contributed by atoms with E-state index in [2.05, 4.69) is 10.5 Å². The van der Waals surface area contributed by atoms with E-state index in [1.807, 2.05) is 0 Å². The van der Waals surface area contributed by atoms with Crippen molar-refractivity contribution in [2.24, 2.45) is 5.10 Å². The second kappa shape index (κ2) is 9.21. The van der Waals surface area contributed by atoms with Crippen LogP contribution in [0.15, 0.2) is 77.9 Å². The summed E-state index contributed by atoms with van der Waals surface area (Å²) < 4.78 is 56.3. The molecule has 30 heavy (non-hydrogen) atoms. The number of halogens is 4. The summed E-state index contributed by atoms with van der Waals surface area (Å²) in [6.45, 7) is 0.138. The number of carbonyl (C=O) groups is 1. The van der Waals surface area contributed by atoms with Gasteiger partial charge in [0.1, 0.15) is 18.2 Å². The molecular weight excluding hydrogens is 400 g/mol. The summed E-state index contributed by atoms with van der Waals surface area (Å²) in [5, 5.41) is 3.78. The highest BCUT2D eigenvalue weighted by Crippen LogP contribution is 2.28. The van der Waals surface area contributed by atoms with Crippen LogP contribution < -0.4 is 10.2 Å². The Morgan fingerprint density at radius 3 is 2.30 bits per heavy atom. The van der Waals surface area contributed by atoms with E-state index in [-0.39, 0.29) is 18.0 Å². The standard InChI is InChI=1S/C22H16F4N2O2/c23-18-11-7-16(8-12-18)14-30-20-4-2-1-3-19(20)21(29)28-27-13-15-5-9-17(10-6-15)22(24,25)26/h1-13H,14H2,(H,28,29)/b27-13+. The molecule has 0 unspecified atom stereocenters. The maximum Gasteiger partial charge on any atom is 0.416 e. The maximum absolute atomic E-state index is 13.0. The zero-order valence-electron chi connectivity index (χ0n) is 15.5. The van der Waals surface area contributed by atoms with Crippen LogP contribution in [-0.2, 0) is 12.8 Å². The van der Waals surface area contributed by atoms with Gasteiger partial charge in [-0.15, -0.1) is 0 Å². The van der Waals surface area contributed by atoms with Gasteiger partial charge in [-0.05, 0) is 47.5 Å². The quantitative estimate of drug-likeness (QED) is 0.342. The van der Waals surface area contributed by atoms with E-state index in [0.717, 1.165) is 17.7 Å². The minimum atomic E-state index is -4.42. The van der Waals surface area contributed by atoms with Gasteiger partial charge in [-0.2, -0.15) is 18.3 Å². The number of hydrogen-bond acceptors (Lipinski definition) is 3. The number of alkyl halides is 3. The second-order valence-corrected chi connectivity index (χ2v) is 6.23. The smallest absolute Gasteiger partial charge is 0.416 e. The van der Waals surface area contributed by atoms with Crippen molar-refractivity contribution in [2.75, 3.05) is 0 Å². The Kier molecular flexibility index (Phi) is 6.46. The van der Waals surface area contributed by atoms with Crippen LogP contribution in [0.4, 0.5) is 17.6 Å². The largest absolute Gasteiger partial charge is 0.488 e. The fourth-order valence-corrected chi connectivity index (χ4v) is 2.51. The number of amides is 1. The first kappa shape index (κ1) is 21.0. The monoisotopic (exact) mass is 416 g/mol. The first-order valence-electron chi connectivity index (χ1n) is 8.80. The summed E-state index contributed by atoms with van der Waals surface area (Å²) in [6.07, 6.45) is -3.18. The van der Waals surface area contributed by atoms with Crippen LogP contribution in [0.25, 0.3) is 0 Å². The topological polar surface area (TPSA) is 50.7 Å². The number of hydrazone groups is 1. The number of nitrogens with zero attached hydrogens (tertiary/aromatic N) is 1. The fraction of sp³-hybridized carbons (Fsp3) is 0.0909. The van der Waals surface area contributed by atoms with E-state index in [1.165, 1.54) is 30.5 Å². The first-order valence-corrected chi connectivity index (χ1v) is 8.80. The second-order valence-electron chi connectivity index (χ2n) is 6.23. The van der Waals surface area contributed by atoms with E-state index in [9.17, 15) is 22.4 Å². The van der Waals surface area contributed by atoms with Gasteiger partial charge in [0.25, 0.3) is 5.91 Å². The van der Waals surface area contributed by atoms with Crippen molar-refractivity contribution < 1.29 is 27.1 Å². The molecule has 3 aromatic carbocycles. The zero-order valence-corrected chi connectivity index (χ0v) is 15.5. The Balaban J connectivity index is 1.62. The van der Waals surface area contributed by atoms with Crippen molar-refractivity contribution in [3.05, 3.63) is 101 Å². The highest BCUT2D eigenvalue weighted by atomic mass is 19.4. The molecule has 0 radical (unpaired) electrons. The van der Waals surface area contributed by atoms with Crippen molar-refractivity contribution in [1.29, 1.82) is 0 Å². The van der Waals surface area contributed by atoms with E-state index < -0.39 is 17.6 Å². The number of nitrogens with one attached hydrogen (secondary N) is 1. The van der Waals surface area contributed by atoms with Gasteiger partial charge in [-0.1, -0.05) is 36.4 Å². The lowest BCUT2D eigenvalue weighted by atomic mass is 10.1. The van der Waals surface area contributed by atoms with Gasteiger partial charge >= 0.3 is 6.18 Å². The third-order valence-corrected chi connectivity index (χ3v) is 4.06. The normalized spacial score (nSPS) is 11.5. The van der Waals surface area contributed by atoms with E-state index >= 15 is 0 Å². The van der Waals surface area contributed by atoms with E-state index in [1.54, 1.807) is 36.4 Å². The van der Waals surface area contributed by atoms with Gasteiger partial charge in [-0.3, -0.25) is 4.79 Å². The summed E-state index contributed by atoms with van der Waals surface area (Å²) in [5.74, 6) is -0.596.